The summed E-state index contributed by atoms with van der Waals surface area (Å²) in [7, 11) is 6.16. The molecule has 0 bridgehead atoms. The van der Waals surface area contributed by atoms with Crippen LogP contribution in [0.2, 0.25) is 5.02 Å². The van der Waals surface area contributed by atoms with Gasteiger partial charge < -0.3 is 28.1 Å². The smallest absolute Gasteiger partial charge is 0.344 e. The van der Waals surface area contributed by atoms with E-state index in [1.165, 1.54) is 32.2 Å². The number of rotatable bonds is 6. The minimum atomic E-state index is -0.816. The van der Waals surface area contributed by atoms with E-state index in [2.05, 4.69) is 10.1 Å². The van der Waals surface area contributed by atoms with E-state index >= 15 is 0 Å². The maximum absolute atomic E-state index is 13.8. The maximum atomic E-state index is 13.8. The van der Waals surface area contributed by atoms with E-state index in [-0.39, 0.29) is 11.4 Å². The topological polar surface area (TPSA) is 119 Å². The number of nitrogens with zero attached hydrogens (tertiary/aromatic N) is 4. The quantitative estimate of drug-likeness (QED) is 0.215. The van der Waals surface area contributed by atoms with E-state index in [1.807, 2.05) is 12.1 Å². The van der Waals surface area contributed by atoms with E-state index in [0.29, 0.717) is 72.9 Å². The van der Waals surface area contributed by atoms with Crippen molar-refractivity contribution in [2.24, 2.45) is 0 Å². The summed E-state index contributed by atoms with van der Waals surface area (Å²) in [6.45, 7) is 0. The summed E-state index contributed by atoms with van der Waals surface area (Å²) < 4.78 is 36.3. The van der Waals surface area contributed by atoms with Crippen molar-refractivity contribution in [2.45, 2.75) is 5.92 Å². The predicted octanol–water partition coefficient (Wildman–Crippen LogP) is 5.87. The number of aromatic nitrogens is 4. The van der Waals surface area contributed by atoms with E-state index in [0.717, 1.165) is 0 Å². The van der Waals surface area contributed by atoms with Gasteiger partial charge in [-0.05, 0) is 36.4 Å². The lowest BCUT2D eigenvalue weighted by molar-refractivity contribution is 0.346. The third-order valence-corrected chi connectivity index (χ3v) is 7.65. The zero-order valence-electron chi connectivity index (χ0n) is 23.4. The number of methoxy groups -OCH3 is 4. The van der Waals surface area contributed by atoms with Crippen molar-refractivity contribution in [3.63, 3.8) is 0 Å². The van der Waals surface area contributed by atoms with Crippen molar-refractivity contribution in [3.8, 4) is 46.0 Å². The first-order chi connectivity index (χ1) is 20.9. The summed E-state index contributed by atoms with van der Waals surface area (Å²) in [4.78, 5) is 23.3. The zero-order chi connectivity index (χ0) is 29.8. The normalized spacial score (nSPS) is 13.7. The Hall–Kier alpha value is -5.29. The molecule has 0 saturated carbocycles. The molecule has 11 nitrogen and oxygen atoms in total. The highest BCUT2D eigenvalue weighted by Crippen LogP contribution is 2.52. The van der Waals surface area contributed by atoms with Crippen LogP contribution in [0.3, 0.4) is 0 Å². The highest BCUT2D eigenvalue weighted by Gasteiger charge is 2.39. The minimum absolute atomic E-state index is 0.245. The van der Waals surface area contributed by atoms with Crippen LogP contribution in [-0.4, -0.2) is 48.0 Å². The highest BCUT2D eigenvalue weighted by atomic mass is 35.5. The van der Waals surface area contributed by atoms with Crippen LogP contribution in [0.4, 0.5) is 0 Å². The average Bonchev–Trinajstić information content (AvgIpc) is 3.48. The van der Waals surface area contributed by atoms with Crippen molar-refractivity contribution >= 4 is 28.2 Å². The number of fused-ring (bicyclic) bond motifs is 6. The first kappa shape index (κ1) is 26.6. The summed E-state index contributed by atoms with van der Waals surface area (Å²) in [5, 5.41) is 5.77. The lowest BCUT2D eigenvalue weighted by atomic mass is 9.83. The van der Waals surface area contributed by atoms with Gasteiger partial charge in [0.2, 0.25) is 5.88 Å². The van der Waals surface area contributed by atoms with Crippen molar-refractivity contribution in [3.05, 3.63) is 93.1 Å². The Kier molecular flexibility index (Phi) is 6.32. The molecule has 7 rings (SSSR count). The van der Waals surface area contributed by atoms with Crippen LogP contribution >= 0.6 is 11.6 Å². The van der Waals surface area contributed by atoms with Gasteiger partial charge in [-0.25, -0.2) is 19.3 Å². The van der Waals surface area contributed by atoms with Gasteiger partial charge in [-0.2, -0.15) is 0 Å². The number of halogens is 1. The number of ether oxygens (including phenoxy) is 5. The third-order valence-electron chi connectivity index (χ3n) is 7.41. The molecule has 1 aliphatic rings. The van der Waals surface area contributed by atoms with Crippen molar-refractivity contribution in [1.29, 1.82) is 0 Å². The molecule has 43 heavy (non-hydrogen) atoms. The lowest BCUT2D eigenvalue weighted by Gasteiger charge is -2.28. The first-order valence-corrected chi connectivity index (χ1v) is 13.5. The second-order valence-corrected chi connectivity index (χ2v) is 10.1. The van der Waals surface area contributed by atoms with Crippen LogP contribution in [-0.2, 0) is 0 Å². The Morgan fingerprint density at radius 1 is 0.860 bits per heavy atom. The number of benzene rings is 3. The van der Waals surface area contributed by atoms with Gasteiger partial charge in [0.25, 0.3) is 0 Å². The fourth-order valence-electron chi connectivity index (χ4n) is 5.49. The molecular weight excluding hydrogens is 576 g/mol. The Morgan fingerprint density at radius 2 is 1.60 bits per heavy atom. The highest BCUT2D eigenvalue weighted by molar-refractivity contribution is 6.30. The van der Waals surface area contributed by atoms with Crippen molar-refractivity contribution in [2.75, 3.05) is 28.4 Å². The molecule has 0 aliphatic carbocycles. The van der Waals surface area contributed by atoms with Crippen LogP contribution in [0.1, 0.15) is 22.6 Å². The number of para-hydroxylation sites is 1. The van der Waals surface area contributed by atoms with Gasteiger partial charge >= 0.3 is 5.63 Å². The molecule has 6 aromatic rings. The average molecular weight is 599 g/mol. The van der Waals surface area contributed by atoms with Crippen LogP contribution in [0, 0.1) is 0 Å². The largest absolute Gasteiger partial charge is 0.496 e. The molecule has 1 aliphatic heterocycles. The predicted molar refractivity (Wildman–Crippen MR) is 157 cm³/mol. The molecule has 4 heterocycles. The van der Waals surface area contributed by atoms with Crippen molar-refractivity contribution < 1.29 is 28.1 Å². The molecule has 0 spiro atoms. The van der Waals surface area contributed by atoms with Crippen LogP contribution in [0.25, 0.3) is 28.0 Å². The summed E-state index contributed by atoms with van der Waals surface area (Å²) in [6, 6.07) is 15.8. The van der Waals surface area contributed by atoms with Gasteiger partial charge in [0.15, 0.2) is 28.7 Å². The zero-order valence-corrected chi connectivity index (χ0v) is 24.1. The Morgan fingerprint density at radius 3 is 2.37 bits per heavy atom. The first-order valence-electron chi connectivity index (χ1n) is 13.1. The van der Waals surface area contributed by atoms with Crippen LogP contribution < -0.4 is 29.3 Å². The number of hydrogen-bond donors (Lipinski definition) is 0. The molecule has 0 amide bonds. The third kappa shape index (κ3) is 4.11. The molecular formula is C31H23ClN4O7. The van der Waals surface area contributed by atoms with E-state index in [9.17, 15) is 4.79 Å². The SMILES string of the molecule is COc1cc(OC)c(C2c3c(c4ccccc4oc3=O)Oc3ncn4nc(-c5cc(Cl)ccc5OC)nc4c32)cc1OC. The Balaban J connectivity index is 1.58. The molecule has 3 aromatic carbocycles. The van der Waals surface area contributed by atoms with E-state index < -0.39 is 11.5 Å². The monoisotopic (exact) mass is 598 g/mol. The summed E-state index contributed by atoms with van der Waals surface area (Å²) in [6.07, 6.45) is 1.50. The summed E-state index contributed by atoms with van der Waals surface area (Å²) in [5.41, 5.74) is 2.07. The molecule has 3 aromatic heterocycles. The molecule has 12 heteroatoms. The fraction of sp³-hybridized carbons (Fsp3) is 0.161. The van der Waals surface area contributed by atoms with Crippen LogP contribution in [0.15, 0.2) is 70.1 Å². The van der Waals surface area contributed by atoms with Crippen molar-refractivity contribution in [1.82, 2.24) is 19.6 Å². The summed E-state index contributed by atoms with van der Waals surface area (Å²) in [5.74, 6) is 1.96. The molecule has 216 valence electrons. The Bertz CT molecular complexity index is 2120. The van der Waals surface area contributed by atoms with Gasteiger partial charge in [-0.15, -0.1) is 5.10 Å². The van der Waals surface area contributed by atoms with Gasteiger partial charge in [-0.1, -0.05) is 23.7 Å². The standard InChI is InChI=1S/C31H23ClN4O7/c1-38-19-10-9-15(32)11-18(19)28-34-29-26-24(17-12-22(40-3)23(41-4)13-21(17)39-2)25-27(43-30(26)33-14-36(29)35-28)16-7-5-6-8-20(16)42-31(25)37/h5-14,24H,1-4H3. The second-order valence-electron chi connectivity index (χ2n) is 9.62. The molecule has 0 saturated heterocycles. The molecule has 1 atom stereocenters. The van der Waals surface area contributed by atoms with Gasteiger partial charge in [0.1, 0.15) is 23.4 Å². The number of hydrogen-bond acceptors (Lipinski definition) is 10. The second kappa shape index (κ2) is 10.2. The molecule has 0 radical (unpaired) electrons. The molecule has 1 unspecified atom stereocenters. The Labute approximate surface area is 249 Å². The maximum Gasteiger partial charge on any atom is 0.344 e. The van der Waals surface area contributed by atoms with E-state index in [1.54, 1.807) is 49.6 Å². The molecule has 0 N–H and O–H groups in total. The summed E-state index contributed by atoms with van der Waals surface area (Å²) >= 11 is 6.32. The lowest BCUT2D eigenvalue weighted by Crippen LogP contribution is -2.23. The minimum Gasteiger partial charge on any atom is -0.496 e. The fourth-order valence-corrected chi connectivity index (χ4v) is 5.66. The molecule has 0 fully saturated rings. The van der Waals surface area contributed by atoms with Crippen LogP contribution in [0.5, 0.6) is 34.6 Å². The van der Waals surface area contributed by atoms with E-state index in [4.69, 9.17) is 44.7 Å². The van der Waals surface area contributed by atoms with Gasteiger partial charge in [-0.3, -0.25) is 0 Å². The van der Waals surface area contributed by atoms with Gasteiger partial charge in [0, 0.05) is 16.7 Å². The van der Waals surface area contributed by atoms with Gasteiger partial charge in [0.05, 0.1) is 56.4 Å².